The molecular weight excluding hydrogens is 660 g/mol. The number of hydrogen-bond acceptors (Lipinski definition) is 0. The molecule has 0 fully saturated rings. The van der Waals surface area contributed by atoms with Gasteiger partial charge in [-0.3, -0.25) is 0 Å². The van der Waals surface area contributed by atoms with Crippen molar-refractivity contribution in [2.45, 2.75) is 0 Å². The predicted octanol–water partition coefficient (Wildman–Crippen LogP) is -20.6. The summed E-state index contributed by atoms with van der Waals surface area (Å²) < 4.78 is 0. The summed E-state index contributed by atoms with van der Waals surface area (Å²) in [7, 11) is 0. The topological polar surface area (TPSA) is 788 Å². The smallest absolute Gasteiger partial charge is 0 e. The van der Waals surface area contributed by atoms with Crippen LogP contribution in [0.3, 0.4) is 0 Å². The molecule has 0 radical (unpaired) electrons. The van der Waals surface area contributed by atoms with Gasteiger partial charge in [0.15, 0.2) is 0 Å². The molecule has 0 amide bonds. The molecule has 0 aromatic rings. The molecule has 50 N–H and O–H groups in total. The third-order valence-corrected chi connectivity index (χ3v) is 0. The van der Waals surface area contributed by atoms with E-state index in [0.29, 0.717) is 0 Å². The molecule has 0 atom stereocenters. The molecule has 0 aromatic heterocycles. The summed E-state index contributed by atoms with van der Waals surface area (Å²) in [6.07, 6.45) is 0. The molecule has 230 valence electrons. The maximum absolute atomic E-state index is 0. The second-order valence-corrected chi connectivity index (χ2v) is 0. The van der Waals surface area contributed by atoms with Gasteiger partial charge in [0.05, 0.1) is 0 Å². The number of rotatable bonds is 0. The van der Waals surface area contributed by atoms with Crippen molar-refractivity contribution in [3.63, 3.8) is 0 Å². The zero-order valence-electron chi connectivity index (χ0n) is 14.5. The fourth-order valence-electron chi connectivity index (χ4n) is 0. The summed E-state index contributed by atoms with van der Waals surface area (Å²) in [5.74, 6) is 0. The van der Waals surface area contributed by atoms with Crippen molar-refractivity contribution < 1.29 is 224 Å². The Hall–Kier alpha value is 1.66. The second kappa shape index (κ2) is 9760. The SMILES string of the molecule is O.O.O.O.O.O.O.O.O.O.O.O.O.O.O.O.O.O.O.O.O.O.O.O.O.[Cr].[Cr].[Cr].[Cr].[Cr]. The predicted molar refractivity (Wildman–Crippen MR) is 90.3 cm³/mol. The first-order valence-corrected chi connectivity index (χ1v) is 0. The quantitative estimate of drug-likeness (QED) is 0.226. The summed E-state index contributed by atoms with van der Waals surface area (Å²) >= 11 is 0. The van der Waals surface area contributed by atoms with Crippen LogP contribution in [0.2, 0.25) is 0 Å². The Morgan fingerprint density at radius 2 is 0.0667 bits per heavy atom. The summed E-state index contributed by atoms with van der Waals surface area (Å²) in [5, 5.41) is 0. The first kappa shape index (κ1) is 10800. The van der Waals surface area contributed by atoms with E-state index in [9.17, 15) is 0 Å². The van der Waals surface area contributed by atoms with Crippen molar-refractivity contribution in [2.24, 2.45) is 0 Å². The zero-order chi connectivity index (χ0) is 0. The fraction of sp³-hybridized carbons (Fsp3) is 0. The van der Waals surface area contributed by atoms with Gasteiger partial charge in [0.1, 0.15) is 0 Å². The molecule has 0 aromatic carbocycles. The Labute approximate surface area is 223 Å². The average Bonchev–Trinajstić information content (AvgIpc) is 0. The molecule has 0 spiro atoms. The molecule has 0 aliphatic rings. The van der Waals surface area contributed by atoms with Crippen LogP contribution in [0.25, 0.3) is 0 Å². The van der Waals surface area contributed by atoms with E-state index in [1.807, 2.05) is 0 Å². The summed E-state index contributed by atoms with van der Waals surface area (Å²) in [4.78, 5) is 0. The number of hydrogen-bond donors (Lipinski definition) is 0. The molecule has 0 aliphatic carbocycles. The van der Waals surface area contributed by atoms with Gasteiger partial charge in [-0.25, -0.2) is 0 Å². The zero-order valence-corrected chi connectivity index (χ0v) is 20.9. The Balaban J connectivity index is 0. The van der Waals surface area contributed by atoms with Crippen LogP contribution in [0, 0.1) is 0 Å². The maximum atomic E-state index is 0. The fourth-order valence-corrected chi connectivity index (χ4v) is 0. The molecule has 25 nitrogen and oxygen atoms in total. The van der Waals surface area contributed by atoms with E-state index in [2.05, 4.69) is 0 Å². The minimum Gasteiger partial charge on any atom is -0.412 e. The Bertz CT molecular complexity index is 19.5. The molecule has 0 bridgehead atoms. The molecule has 0 rings (SSSR count). The average molecular weight is 710 g/mol. The minimum atomic E-state index is 0. The second-order valence-electron chi connectivity index (χ2n) is 0. The van der Waals surface area contributed by atoms with Gasteiger partial charge < -0.3 is 137 Å². The Kier molecular flexibility index (Phi) is 3510000. The van der Waals surface area contributed by atoms with Crippen molar-refractivity contribution in [3.8, 4) is 0 Å². The van der Waals surface area contributed by atoms with Crippen molar-refractivity contribution in [3.05, 3.63) is 0 Å². The van der Waals surface area contributed by atoms with E-state index < -0.39 is 0 Å². The van der Waals surface area contributed by atoms with Gasteiger partial charge >= 0.3 is 0 Å². The van der Waals surface area contributed by atoms with E-state index in [1.165, 1.54) is 0 Å². The van der Waals surface area contributed by atoms with Gasteiger partial charge in [-0.05, 0) is 0 Å². The van der Waals surface area contributed by atoms with Crippen LogP contribution in [0.1, 0.15) is 0 Å². The van der Waals surface area contributed by atoms with Crippen LogP contribution in [0.5, 0.6) is 0 Å². The molecule has 0 unspecified atom stereocenters. The molecule has 30 heavy (non-hydrogen) atoms. The molecule has 0 aliphatic heterocycles. The molecule has 30 heteroatoms. The minimum absolute atomic E-state index is 0. The van der Waals surface area contributed by atoms with Gasteiger partial charge in [0.2, 0.25) is 0 Å². The standard InChI is InChI=1S/5Cr.25H2O/h;;;;;25*1H2. The van der Waals surface area contributed by atoms with Gasteiger partial charge in [-0.15, -0.1) is 0 Å². The van der Waals surface area contributed by atoms with Crippen LogP contribution in [0.4, 0.5) is 0 Å². The Morgan fingerprint density at radius 3 is 0.0667 bits per heavy atom. The van der Waals surface area contributed by atoms with Gasteiger partial charge in [0, 0.05) is 86.8 Å². The third-order valence-electron chi connectivity index (χ3n) is 0. The maximum Gasteiger partial charge on any atom is 0 e. The van der Waals surface area contributed by atoms with Crippen LogP contribution >= 0.6 is 0 Å². The first-order valence-electron chi connectivity index (χ1n) is 0. The van der Waals surface area contributed by atoms with Crippen LogP contribution in [-0.4, -0.2) is 137 Å². The van der Waals surface area contributed by atoms with Crippen molar-refractivity contribution >= 4 is 0 Å². The van der Waals surface area contributed by atoms with E-state index in [1.54, 1.807) is 0 Å². The summed E-state index contributed by atoms with van der Waals surface area (Å²) in [5.41, 5.74) is 0. The first-order chi connectivity index (χ1) is 0. The Morgan fingerprint density at radius 1 is 0.0667 bits per heavy atom. The largest absolute Gasteiger partial charge is 0.412 e. The molecule has 0 saturated heterocycles. The third kappa shape index (κ3) is 8820. The van der Waals surface area contributed by atoms with Crippen LogP contribution < -0.4 is 0 Å². The van der Waals surface area contributed by atoms with E-state index in [-0.39, 0.29) is 224 Å². The van der Waals surface area contributed by atoms with Gasteiger partial charge in [0.25, 0.3) is 0 Å². The normalized spacial score (nSPS) is 0. The van der Waals surface area contributed by atoms with E-state index in [4.69, 9.17) is 0 Å². The monoisotopic (exact) mass is 710 g/mol. The van der Waals surface area contributed by atoms with Crippen LogP contribution in [0.15, 0.2) is 0 Å². The summed E-state index contributed by atoms with van der Waals surface area (Å²) in [6, 6.07) is 0. The van der Waals surface area contributed by atoms with Crippen molar-refractivity contribution in [1.82, 2.24) is 0 Å². The van der Waals surface area contributed by atoms with Gasteiger partial charge in [-0.2, -0.15) is 0 Å². The van der Waals surface area contributed by atoms with E-state index in [0.717, 1.165) is 0 Å². The summed E-state index contributed by atoms with van der Waals surface area (Å²) in [6.45, 7) is 0. The van der Waals surface area contributed by atoms with Crippen molar-refractivity contribution in [1.29, 1.82) is 0 Å². The van der Waals surface area contributed by atoms with Crippen LogP contribution in [-0.2, 0) is 86.8 Å². The molecule has 0 saturated carbocycles. The van der Waals surface area contributed by atoms with Gasteiger partial charge in [-0.1, -0.05) is 0 Å². The van der Waals surface area contributed by atoms with Crippen molar-refractivity contribution in [2.75, 3.05) is 0 Å². The molecular formula is H50Cr5O25. The van der Waals surface area contributed by atoms with E-state index >= 15 is 0 Å². The molecule has 0 heterocycles.